The lowest BCUT2D eigenvalue weighted by Gasteiger charge is -2.29. The van der Waals surface area contributed by atoms with Crippen molar-refractivity contribution in [3.05, 3.63) is 34.6 Å². The summed E-state index contributed by atoms with van der Waals surface area (Å²) in [7, 11) is 0. The van der Waals surface area contributed by atoms with Gasteiger partial charge in [0.15, 0.2) is 5.82 Å². The van der Waals surface area contributed by atoms with E-state index in [0.717, 1.165) is 32.2 Å². The van der Waals surface area contributed by atoms with Crippen LogP contribution in [0.5, 0.6) is 0 Å². The number of rotatable bonds is 2. The van der Waals surface area contributed by atoms with Gasteiger partial charge in [0.1, 0.15) is 0 Å². The molecule has 0 aromatic heterocycles. The van der Waals surface area contributed by atoms with Gasteiger partial charge >= 0.3 is 0 Å². The van der Waals surface area contributed by atoms with E-state index in [1.54, 1.807) is 6.07 Å². The van der Waals surface area contributed by atoms with Gasteiger partial charge in [-0.3, -0.25) is 4.79 Å². The molecular weight excluding hydrogens is 279 g/mol. The summed E-state index contributed by atoms with van der Waals surface area (Å²) in [6.45, 7) is 1.71. The van der Waals surface area contributed by atoms with Gasteiger partial charge in [-0.1, -0.05) is 17.7 Å². The third kappa shape index (κ3) is 2.42. The standard InChI is InChI=1S/C15H18ClFN2O/c16-11-5-1-4-10(14(11)17)15(20)19-9-3-7-13(19)12-6-2-8-18-12/h1,4-5,12-13,18H,2-3,6-9H2. The largest absolute Gasteiger partial charge is 0.334 e. The minimum absolute atomic E-state index is 0.00517. The lowest BCUT2D eigenvalue weighted by molar-refractivity contribution is 0.0706. The van der Waals surface area contributed by atoms with Crippen LogP contribution < -0.4 is 5.32 Å². The first-order valence-corrected chi connectivity index (χ1v) is 7.54. The Morgan fingerprint density at radius 1 is 1.35 bits per heavy atom. The first kappa shape index (κ1) is 13.8. The third-order valence-electron chi connectivity index (χ3n) is 4.30. The van der Waals surface area contributed by atoms with Crippen molar-refractivity contribution in [2.75, 3.05) is 13.1 Å². The minimum Gasteiger partial charge on any atom is -0.334 e. The van der Waals surface area contributed by atoms with Crippen molar-refractivity contribution in [1.29, 1.82) is 0 Å². The fourth-order valence-corrected chi connectivity index (χ4v) is 3.50. The Hall–Kier alpha value is -1.13. The van der Waals surface area contributed by atoms with Crippen LogP contribution in [0.15, 0.2) is 18.2 Å². The van der Waals surface area contributed by atoms with Gasteiger partial charge in [-0.15, -0.1) is 0 Å². The van der Waals surface area contributed by atoms with E-state index in [-0.39, 0.29) is 22.5 Å². The molecule has 5 heteroatoms. The molecule has 2 fully saturated rings. The number of carbonyl (C=O) groups excluding carboxylic acids is 1. The Morgan fingerprint density at radius 3 is 2.95 bits per heavy atom. The van der Waals surface area contributed by atoms with E-state index in [9.17, 15) is 9.18 Å². The molecule has 0 saturated carbocycles. The highest BCUT2D eigenvalue weighted by molar-refractivity contribution is 6.31. The molecule has 2 saturated heterocycles. The van der Waals surface area contributed by atoms with Gasteiger partial charge in [0.05, 0.1) is 10.6 Å². The van der Waals surface area contributed by atoms with Crippen LogP contribution in [0.4, 0.5) is 4.39 Å². The molecule has 3 rings (SSSR count). The summed E-state index contributed by atoms with van der Waals surface area (Å²) in [5.41, 5.74) is 0.0856. The Bertz CT molecular complexity index is 517. The number of hydrogen-bond donors (Lipinski definition) is 1. The van der Waals surface area contributed by atoms with E-state index in [1.165, 1.54) is 12.1 Å². The molecule has 1 aromatic rings. The summed E-state index contributed by atoms with van der Waals surface area (Å²) >= 11 is 5.77. The van der Waals surface area contributed by atoms with Crippen LogP contribution in [0.2, 0.25) is 5.02 Å². The smallest absolute Gasteiger partial charge is 0.257 e. The Balaban J connectivity index is 1.83. The van der Waals surface area contributed by atoms with E-state index in [0.29, 0.717) is 12.6 Å². The van der Waals surface area contributed by atoms with Gasteiger partial charge < -0.3 is 10.2 Å². The maximum Gasteiger partial charge on any atom is 0.257 e. The van der Waals surface area contributed by atoms with Gasteiger partial charge in [0.2, 0.25) is 0 Å². The van der Waals surface area contributed by atoms with Crippen LogP contribution in [0.1, 0.15) is 36.0 Å². The maximum atomic E-state index is 14.0. The number of carbonyl (C=O) groups is 1. The second kappa shape index (κ2) is 5.70. The van der Waals surface area contributed by atoms with E-state index in [4.69, 9.17) is 11.6 Å². The number of benzene rings is 1. The molecule has 3 nitrogen and oxygen atoms in total. The van der Waals surface area contributed by atoms with E-state index >= 15 is 0 Å². The van der Waals surface area contributed by atoms with Crippen molar-refractivity contribution in [1.82, 2.24) is 10.2 Å². The Morgan fingerprint density at radius 2 is 2.20 bits per heavy atom. The zero-order chi connectivity index (χ0) is 14.1. The van der Waals surface area contributed by atoms with Crippen molar-refractivity contribution >= 4 is 17.5 Å². The lowest BCUT2D eigenvalue weighted by atomic mass is 10.0. The predicted molar refractivity (Wildman–Crippen MR) is 76.5 cm³/mol. The topological polar surface area (TPSA) is 32.3 Å². The predicted octanol–water partition coefficient (Wildman–Crippen LogP) is 2.84. The van der Waals surface area contributed by atoms with Gasteiger partial charge in [-0.2, -0.15) is 0 Å². The van der Waals surface area contributed by atoms with Crippen molar-refractivity contribution in [3.8, 4) is 0 Å². The molecule has 2 aliphatic heterocycles. The van der Waals surface area contributed by atoms with Crippen LogP contribution in [-0.4, -0.2) is 36.0 Å². The van der Waals surface area contributed by atoms with Gasteiger partial charge in [-0.05, 0) is 44.4 Å². The zero-order valence-corrected chi connectivity index (χ0v) is 12.0. The molecule has 0 bridgehead atoms. The van der Waals surface area contributed by atoms with Crippen molar-refractivity contribution in [2.45, 2.75) is 37.8 Å². The molecule has 0 spiro atoms. The number of amides is 1. The van der Waals surface area contributed by atoms with Crippen molar-refractivity contribution in [3.63, 3.8) is 0 Å². The molecule has 108 valence electrons. The third-order valence-corrected chi connectivity index (χ3v) is 4.60. The summed E-state index contributed by atoms with van der Waals surface area (Å²) < 4.78 is 14.0. The molecule has 2 atom stereocenters. The molecule has 2 heterocycles. The number of nitrogens with one attached hydrogen (secondary N) is 1. The van der Waals surface area contributed by atoms with Crippen LogP contribution in [0, 0.1) is 5.82 Å². The minimum atomic E-state index is -0.607. The van der Waals surface area contributed by atoms with Crippen LogP contribution in [0.3, 0.4) is 0 Å². The molecule has 1 N–H and O–H groups in total. The maximum absolute atomic E-state index is 14.0. The van der Waals surface area contributed by atoms with Gasteiger partial charge in [0, 0.05) is 18.6 Å². The van der Waals surface area contributed by atoms with Gasteiger partial charge in [0.25, 0.3) is 5.91 Å². The molecule has 2 aliphatic rings. The number of likely N-dealkylation sites (tertiary alicyclic amines) is 1. The molecule has 1 aromatic carbocycles. The summed E-state index contributed by atoms with van der Waals surface area (Å²) in [4.78, 5) is 14.4. The molecule has 0 aliphatic carbocycles. The SMILES string of the molecule is O=C(c1cccc(Cl)c1F)N1CCCC1C1CCCN1. The average molecular weight is 297 g/mol. The normalized spacial score (nSPS) is 26.2. The summed E-state index contributed by atoms with van der Waals surface area (Å²) in [6, 6.07) is 5.14. The van der Waals surface area contributed by atoms with Crippen LogP contribution in [0.25, 0.3) is 0 Å². The van der Waals surface area contributed by atoms with E-state index in [1.807, 2.05) is 4.90 Å². The number of hydrogen-bond acceptors (Lipinski definition) is 2. The quantitative estimate of drug-likeness (QED) is 0.910. The highest BCUT2D eigenvalue weighted by atomic mass is 35.5. The highest BCUT2D eigenvalue weighted by Gasteiger charge is 2.36. The fourth-order valence-electron chi connectivity index (χ4n) is 3.33. The lowest BCUT2D eigenvalue weighted by Crippen LogP contribution is -2.46. The van der Waals surface area contributed by atoms with E-state index in [2.05, 4.69) is 5.32 Å². The summed E-state index contributed by atoms with van der Waals surface area (Å²) in [6.07, 6.45) is 4.21. The number of nitrogens with zero attached hydrogens (tertiary/aromatic N) is 1. The van der Waals surface area contributed by atoms with Crippen molar-refractivity contribution in [2.24, 2.45) is 0 Å². The molecule has 1 amide bonds. The fraction of sp³-hybridized carbons (Fsp3) is 0.533. The van der Waals surface area contributed by atoms with E-state index < -0.39 is 5.82 Å². The summed E-state index contributed by atoms with van der Waals surface area (Å²) in [5, 5.41) is 3.45. The zero-order valence-electron chi connectivity index (χ0n) is 11.2. The highest BCUT2D eigenvalue weighted by Crippen LogP contribution is 2.28. The Labute approximate surface area is 123 Å². The first-order valence-electron chi connectivity index (χ1n) is 7.17. The average Bonchev–Trinajstić information content (AvgIpc) is 3.10. The summed E-state index contributed by atoms with van der Waals surface area (Å²) in [5.74, 6) is -0.842. The second-order valence-electron chi connectivity index (χ2n) is 5.51. The molecule has 0 radical (unpaired) electrons. The molecular formula is C15H18ClFN2O. The molecule has 2 unspecified atom stereocenters. The van der Waals surface area contributed by atoms with Gasteiger partial charge in [-0.25, -0.2) is 4.39 Å². The van der Waals surface area contributed by atoms with Crippen molar-refractivity contribution < 1.29 is 9.18 Å². The Kier molecular flexibility index (Phi) is 3.94. The second-order valence-corrected chi connectivity index (χ2v) is 5.92. The molecule has 20 heavy (non-hydrogen) atoms. The van der Waals surface area contributed by atoms with Crippen LogP contribution >= 0.6 is 11.6 Å². The monoisotopic (exact) mass is 296 g/mol. The number of halogens is 2. The first-order chi connectivity index (χ1) is 9.68. The van der Waals surface area contributed by atoms with Crippen LogP contribution in [-0.2, 0) is 0 Å².